The molecule has 0 aliphatic heterocycles. The molecular weight excluding hydrogens is 324 g/mol. The van der Waals surface area contributed by atoms with Gasteiger partial charge in [-0.1, -0.05) is 12.1 Å². The molecule has 1 aromatic carbocycles. The van der Waals surface area contributed by atoms with E-state index < -0.39 is 6.09 Å². The van der Waals surface area contributed by atoms with Gasteiger partial charge in [-0.2, -0.15) is 11.3 Å². The van der Waals surface area contributed by atoms with Crippen LogP contribution >= 0.6 is 11.3 Å². The maximum absolute atomic E-state index is 11.2. The normalized spacial score (nSPS) is 11.0. The van der Waals surface area contributed by atoms with E-state index in [9.17, 15) is 4.79 Å². The van der Waals surface area contributed by atoms with Crippen LogP contribution in [0.25, 0.3) is 0 Å². The summed E-state index contributed by atoms with van der Waals surface area (Å²) in [5.41, 5.74) is 2.99. The van der Waals surface area contributed by atoms with Gasteiger partial charge in [0.05, 0.1) is 13.7 Å². The van der Waals surface area contributed by atoms with Gasteiger partial charge in [-0.15, -0.1) is 0 Å². The molecule has 0 fully saturated rings. The highest BCUT2D eigenvalue weighted by molar-refractivity contribution is 7.07. The lowest BCUT2D eigenvalue weighted by Crippen LogP contribution is -2.36. The number of nitrogens with zero attached hydrogens (tertiary/aromatic N) is 1. The van der Waals surface area contributed by atoms with E-state index in [4.69, 9.17) is 0 Å². The van der Waals surface area contributed by atoms with Gasteiger partial charge in [0.2, 0.25) is 0 Å². The Morgan fingerprint density at radius 3 is 2.58 bits per heavy atom. The average Bonchev–Trinajstić information content (AvgIpc) is 3.12. The Labute approximate surface area is 146 Å². The lowest BCUT2D eigenvalue weighted by Gasteiger charge is -2.11. The summed E-state index contributed by atoms with van der Waals surface area (Å²) in [5, 5.41) is 13.3. The molecule has 0 atom stereocenters. The molecule has 0 unspecified atom stereocenters. The standard InChI is InChI=1S/C17H22N4O2S/c1-3-18-16(20-11-14-8-9-24-12-14)19-10-13-4-6-15(7-5-13)21-17(22)23-2/h4-9,12H,3,10-11H2,1-2H3,(H,21,22)(H2,18,19,20). The van der Waals surface area contributed by atoms with Crippen LogP contribution in [0.2, 0.25) is 0 Å². The molecule has 0 spiro atoms. The molecule has 6 nitrogen and oxygen atoms in total. The van der Waals surface area contributed by atoms with E-state index in [1.807, 2.05) is 31.2 Å². The molecule has 7 heteroatoms. The van der Waals surface area contributed by atoms with Crippen molar-refractivity contribution in [2.24, 2.45) is 4.99 Å². The number of hydrogen-bond acceptors (Lipinski definition) is 4. The summed E-state index contributed by atoms with van der Waals surface area (Å²) in [7, 11) is 1.34. The minimum Gasteiger partial charge on any atom is -0.453 e. The number of amides is 1. The molecule has 0 aliphatic carbocycles. The van der Waals surface area contributed by atoms with E-state index in [0.29, 0.717) is 18.8 Å². The SMILES string of the molecule is CCNC(=NCc1ccsc1)NCc1ccc(NC(=O)OC)cc1. The number of hydrogen-bond donors (Lipinski definition) is 3. The van der Waals surface area contributed by atoms with E-state index in [-0.39, 0.29) is 0 Å². The third kappa shape index (κ3) is 5.92. The van der Waals surface area contributed by atoms with Gasteiger partial charge in [-0.3, -0.25) is 5.32 Å². The summed E-state index contributed by atoms with van der Waals surface area (Å²) in [5.74, 6) is 0.778. The molecule has 1 amide bonds. The number of aliphatic imine (C=N–C) groups is 1. The molecule has 0 bridgehead atoms. The molecule has 1 aromatic heterocycles. The third-order valence-corrected chi connectivity index (χ3v) is 3.92. The first kappa shape index (κ1) is 17.8. The van der Waals surface area contributed by atoms with Gasteiger partial charge in [0.15, 0.2) is 5.96 Å². The van der Waals surface area contributed by atoms with Gasteiger partial charge in [-0.25, -0.2) is 9.79 Å². The van der Waals surface area contributed by atoms with Crippen LogP contribution < -0.4 is 16.0 Å². The lowest BCUT2D eigenvalue weighted by molar-refractivity contribution is 0.187. The first-order chi connectivity index (χ1) is 11.7. The quantitative estimate of drug-likeness (QED) is 0.555. The molecule has 0 saturated carbocycles. The molecule has 0 radical (unpaired) electrons. The van der Waals surface area contributed by atoms with Crippen LogP contribution in [0.1, 0.15) is 18.1 Å². The molecule has 1 heterocycles. The molecule has 0 aliphatic rings. The second-order valence-corrected chi connectivity index (χ2v) is 5.77. The summed E-state index contributed by atoms with van der Waals surface area (Å²) < 4.78 is 4.56. The zero-order valence-electron chi connectivity index (χ0n) is 13.8. The van der Waals surface area contributed by atoms with E-state index in [2.05, 4.69) is 42.5 Å². The van der Waals surface area contributed by atoms with Crippen LogP contribution in [0.15, 0.2) is 46.1 Å². The van der Waals surface area contributed by atoms with E-state index >= 15 is 0 Å². The van der Waals surface area contributed by atoms with Crippen LogP contribution in [0.3, 0.4) is 0 Å². The number of carbonyl (C=O) groups excluding carboxylic acids is 1. The minimum atomic E-state index is -0.476. The average molecular weight is 346 g/mol. The molecular formula is C17H22N4O2S. The second-order valence-electron chi connectivity index (χ2n) is 4.99. The van der Waals surface area contributed by atoms with Crippen molar-refractivity contribution < 1.29 is 9.53 Å². The van der Waals surface area contributed by atoms with Gasteiger partial charge in [-0.05, 0) is 47.0 Å². The number of rotatable bonds is 6. The van der Waals surface area contributed by atoms with Crippen molar-refractivity contribution in [3.05, 3.63) is 52.2 Å². The number of guanidine groups is 1. The number of nitrogens with one attached hydrogen (secondary N) is 3. The van der Waals surface area contributed by atoms with Gasteiger partial charge in [0, 0.05) is 18.8 Å². The Balaban J connectivity index is 1.88. The van der Waals surface area contributed by atoms with E-state index in [1.54, 1.807) is 11.3 Å². The number of thiophene rings is 1. The predicted octanol–water partition coefficient (Wildman–Crippen LogP) is 3.18. The monoisotopic (exact) mass is 346 g/mol. The van der Waals surface area contributed by atoms with Crippen LogP contribution in [0.4, 0.5) is 10.5 Å². The van der Waals surface area contributed by atoms with E-state index in [1.165, 1.54) is 12.7 Å². The van der Waals surface area contributed by atoms with Gasteiger partial charge in [0.25, 0.3) is 0 Å². The van der Waals surface area contributed by atoms with Crippen molar-refractivity contribution in [3.63, 3.8) is 0 Å². The van der Waals surface area contributed by atoms with Gasteiger partial charge < -0.3 is 15.4 Å². The first-order valence-electron chi connectivity index (χ1n) is 7.68. The fourth-order valence-electron chi connectivity index (χ4n) is 1.96. The van der Waals surface area contributed by atoms with Crippen molar-refractivity contribution in [2.75, 3.05) is 19.0 Å². The minimum absolute atomic E-state index is 0.476. The van der Waals surface area contributed by atoms with Crippen molar-refractivity contribution in [2.45, 2.75) is 20.0 Å². The Kier molecular flexibility index (Phi) is 7.10. The maximum Gasteiger partial charge on any atom is 0.411 e. The fraction of sp³-hybridized carbons (Fsp3) is 0.294. The van der Waals surface area contributed by atoms with Crippen LogP contribution in [0.5, 0.6) is 0 Å². The third-order valence-electron chi connectivity index (χ3n) is 3.19. The molecule has 2 aromatic rings. The van der Waals surface area contributed by atoms with Gasteiger partial charge >= 0.3 is 6.09 Å². The zero-order valence-corrected chi connectivity index (χ0v) is 14.7. The Morgan fingerprint density at radius 1 is 1.17 bits per heavy atom. The number of carbonyl (C=O) groups is 1. The van der Waals surface area contributed by atoms with Gasteiger partial charge in [0.1, 0.15) is 0 Å². The molecule has 0 saturated heterocycles. The highest BCUT2D eigenvalue weighted by atomic mass is 32.1. The summed E-state index contributed by atoms with van der Waals surface area (Å²) in [6.07, 6.45) is -0.476. The van der Waals surface area contributed by atoms with E-state index in [0.717, 1.165) is 18.1 Å². The number of anilines is 1. The van der Waals surface area contributed by atoms with Crippen molar-refractivity contribution >= 4 is 29.1 Å². The topological polar surface area (TPSA) is 74.8 Å². The molecule has 3 N–H and O–H groups in total. The van der Waals surface area contributed by atoms with Crippen LogP contribution in [-0.2, 0) is 17.8 Å². The Hall–Kier alpha value is -2.54. The van der Waals surface area contributed by atoms with Crippen molar-refractivity contribution in [3.8, 4) is 0 Å². The predicted molar refractivity (Wildman–Crippen MR) is 98.4 cm³/mol. The van der Waals surface area contributed by atoms with Crippen LogP contribution in [0, 0.1) is 0 Å². The van der Waals surface area contributed by atoms with Crippen molar-refractivity contribution in [1.82, 2.24) is 10.6 Å². The van der Waals surface area contributed by atoms with Crippen molar-refractivity contribution in [1.29, 1.82) is 0 Å². The largest absolute Gasteiger partial charge is 0.453 e. The lowest BCUT2D eigenvalue weighted by atomic mass is 10.2. The molecule has 128 valence electrons. The zero-order chi connectivity index (χ0) is 17.2. The summed E-state index contributed by atoms with van der Waals surface area (Å²) in [6.45, 7) is 4.14. The smallest absolute Gasteiger partial charge is 0.411 e. The highest BCUT2D eigenvalue weighted by Gasteiger charge is 2.02. The van der Waals surface area contributed by atoms with Crippen LogP contribution in [-0.4, -0.2) is 25.7 Å². The fourth-order valence-corrected chi connectivity index (χ4v) is 2.62. The Morgan fingerprint density at radius 2 is 1.96 bits per heavy atom. The number of benzene rings is 1. The Bertz CT molecular complexity index is 654. The summed E-state index contributed by atoms with van der Waals surface area (Å²) >= 11 is 1.67. The summed E-state index contributed by atoms with van der Waals surface area (Å²) in [4.78, 5) is 15.7. The maximum atomic E-state index is 11.2. The first-order valence-corrected chi connectivity index (χ1v) is 8.62. The molecule has 2 rings (SSSR count). The molecule has 24 heavy (non-hydrogen) atoms. The highest BCUT2D eigenvalue weighted by Crippen LogP contribution is 2.10. The second kappa shape index (κ2) is 9.57. The number of ether oxygens (including phenoxy) is 1. The number of methoxy groups -OCH3 is 1. The summed E-state index contributed by atoms with van der Waals surface area (Å²) in [6, 6.07) is 9.64.